The van der Waals surface area contributed by atoms with Crippen molar-refractivity contribution in [3.63, 3.8) is 0 Å². The average molecular weight is 385 g/mol. The second-order valence-corrected chi connectivity index (χ2v) is 6.96. The molecule has 1 heterocycles. The van der Waals surface area contributed by atoms with Crippen molar-refractivity contribution in [1.82, 2.24) is 10.2 Å². The highest BCUT2D eigenvalue weighted by Gasteiger charge is 2.26. The van der Waals surface area contributed by atoms with Crippen molar-refractivity contribution in [3.05, 3.63) is 53.1 Å². The molecule has 0 amide bonds. The van der Waals surface area contributed by atoms with Gasteiger partial charge in [0.25, 0.3) is 0 Å². The number of nitrogens with zero attached hydrogens (tertiary/aromatic N) is 1. The van der Waals surface area contributed by atoms with Crippen molar-refractivity contribution in [2.45, 2.75) is 26.3 Å². The van der Waals surface area contributed by atoms with E-state index in [1.807, 2.05) is 12.1 Å². The van der Waals surface area contributed by atoms with Crippen LogP contribution in [-0.2, 0) is 6.42 Å². The molecule has 5 nitrogen and oxygen atoms in total. The molecule has 0 saturated carbocycles. The lowest BCUT2D eigenvalue weighted by Gasteiger charge is -2.29. The molecule has 1 aliphatic heterocycles. The molecule has 5 heteroatoms. The molecule has 1 N–H and O–H groups in total. The van der Waals surface area contributed by atoms with E-state index < -0.39 is 0 Å². The number of benzene rings is 2. The van der Waals surface area contributed by atoms with Crippen LogP contribution in [0.3, 0.4) is 0 Å². The third-order valence-electron chi connectivity index (χ3n) is 5.49. The predicted octanol–water partition coefficient (Wildman–Crippen LogP) is 3.66. The summed E-state index contributed by atoms with van der Waals surface area (Å²) in [5.74, 6) is 2.50. The van der Waals surface area contributed by atoms with Gasteiger partial charge in [0.2, 0.25) is 0 Å². The van der Waals surface area contributed by atoms with Crippen LogP contribution >= 0.6 is 0 Å². The van der Waals surface area contributed by atoms with Crippen LogP contribution in [0, 0.1) is 0 Å². The van der Waals surface area contributed by atoms with Crippen LogP contribution in [0.4, 0.5) is 0 Å². The van der Waals surface area contributed by atoms with E-state index in [0.717, 1.165) is 55.4 Å². The minimum absolute atomic E-state index is 0.0796. The molecule has 0 spiro atoms. The molecule has 1 aliphatic rings. The summed E-state index contributed by atoms with van der Waals surface area (Å²) >= 11 is 0. The topological polar surface area (TPSA) is 43.0 Å². The molecule has 0 saturated heterocycles. The summed E-state index contributed by atoms with van der Waals surface area (Å²) in [6.07, 6.45) is 0.969. The van der Waals surface area contributed by atoms with Crippen LogP contribution in [0.25, 0.3) is 0 Å². The Morgan fingerprint density at radius 3 is 2.43 bits per heavy atom. The largest absolute Gasteiger partial charge is 0.496 e. The first kappa shape index (κ1) is 20.5. The third-order valence-corrected chi connectivity index (χ3v) is 5.49. The number of rotatable bonds is 9. The van der Waals surface area contributed by atoms with Crippen LogP contribution in [0.2, 0.25) is 0 Å². The average Bonchev–Trinajstić information content (AvgIpc) is 2.75. The zero-order valence-electron chi connectivity index (χ0n) is 17.5. The number of hydrogen-bond acceptors (Lipinski definition) is 5. The lowest BCUT2D eigenvalue weighted by Crippen LogP contribution is -2.31. The first-order valence-electron chi connectivity index (χ1n) is 10.1. The van der Waals surface area contributed by atoms with Crippen molar-refractivity contribution in [3.8, 4) is 17.2 Å². The van der Waals surface area contributed by atoms with E-state index in [1.165, 1.54) is 11.1 Å². The fraction of sp³-hybridized carbons (Fsp3) is 0.478. The number of hydrogen-bond donors (Lipinski definition) is 1. The molecule has 0 aliphatic carbocycles. The fourth-order valence-electron chi connectivity index (χ4n) is 3.84. The van der Waals surface area contributed by atoms with Crippen molar-refractivity contribution in [2.24, 2.45) is 0 Å². The first-order valence-corrected chi connectivity index (χ1v) is 10.1. The highest BCUT2D eigenvalue weighted by Crippen LogP contribution is 2.39. The minimum Gasteiger partial charge on any atom is -0.496 e. The molecular formula is C23H32N2O3. The van der Waals surface area contributed by atoms with Gasteiger partial charge in [-0.3, -0.25) is 0 Å². The maximum atomic E-state index is 6.14. The van der Waals surface area contributed by atoms with Crippen LogP contribution in [0.5, 0.6) is 17.2 Å². The molecule has 0 fully saturated rings. The maximum Gasteiger partial charge on any atom is 0.161 e. The highest BCUT2D eigenvalue weighted by atomic mass is 16.5. The summed E-state index contributed by atoms with van der Waals surface area (Å²) < 4.78 is 17.4. The van der Waals surface area contributed by atoms with E-state index in [-0.39, 0.29) is 6.04 Å². The van der Waals surface area contributed by atoms with Gasteiger partial charge in [0.15, 0.2) is 11.5 Å². The van der Waals surface area contributed by atoms with E-state index >= 15 is 0 Å². The van der Waals surface area contributed by atoms with E-state index in [9.17, 15) is 0 Å². The number of likely N-dealkylation sites (N-methyl/N-ethyl adjacent to an activating group) is 1. The summed E-state index contributed by atoms with van der Waals surface area (Å²) in [5.41, 5.74) is 3.67. The van der Waals surface area contributed by atoms with Crippen LogP contribution in [-0.4, -0.2) is 51.9 Å². The van der Waals surface area contributed by atoms with Crippen LogP contribution in [0.1, 0.15) is 36.6 Å². The van der Waals surface area contributed by atoms with Gasteiger partial charge in [0.05, 0.1) is 20.3 Å². The van der Waals surface area contributed by atoms with Crippen molar-refractivity contribution >= 4 is 0 Å². The monoisotopic (exact) mass is 384 g/mol. The van der Waals surface area contributed by atoms with E-state index in [0.29, 0.717) is 6.61 Å². The Hall–Kier alpha value is -2.24. The second kappa shape index (κ2) is 9.80. The van der Waals surface area contributed by atoms with E-state index in [2.05, 4.69) is 48.3 Å². The van der Waals surface area contributed by atoms with Crippen LogP contribution < -0.4 is 19.5 Å². The summed E-state index contributed by atoms with van der Waals surface area (Å²) in [6.45, 7) is 8.87. The van der Waals surface area contributed by atoms with Gasteiger partial charge in [-0.1, -0.05) is 32.0 Å². The second-order valence-electron chi connectivity index (χ2n) is 6.96. The molecule has 28 heavy (non-hydrogen) atoms. The van der Waals surface area contributed by atoms with Gasteiger partial charge in [0.1, 0.15) is 12.4 Å². The predicted molar refractivity (Wildman–Crippen MR) is 113 cm³/mol. The smallest absolute Gasteiger partial charge is 0.161 e. The molecular weight excluding hydrogens is 352 g/mol. The maximum absolute atomic E-state index is 6.14. The van der Waals surface area contributed by atoms with E-state index in [4.69, 9.17) is 14.2 Å². The van der Waals surface area contributed by atoms with E-state index in [1.54, 1.807) is 14.2 Å². The molecule has 1 unspecified atom stereocenters. The molecule has 2 aromatic carbocycles. The number of nitrogens with one attached hydrogen (secondary N) is 1. The Kier molecular flexibility index (Phi) is 7.18. The molecule has 0 bridgehead atoms. The molecule has 3 rings (SSSR count). The lowest BCUT2D eigenvalue weighted by atomic mass is 9.89. The third kappa shape index (κ3) is 4.42. The van der Waals surface area contributed by atoms with Gasteiger partial charge in [-0.25, -0.2) is 0 Å². The van der Waals surface area contributed by atoms with Crippen molar-refractivity contribution in [1.29, 1.82) is 0 Å². The molecule has 0 radical (unpaired) electrons. The standard InChI is InChI=1S/C23H32N2O3/c1-5-25(6-2)13-14-28-22-16-19-17(15-21(22)27-4)11-12-24-23(19)18-9-7-8-10-20(18)26-3/h7-10,15-16,23-24H,5-6,11-14H2,1-4H3. The Morgan fingerprint density at radius 2 is 1.71 bits per heavy atom. The SMILES string of the molecule is CCN(CC)CCOc1cc2c(cc1OC)CCNC2c1ccccc1OC. The van der Waals surface area contributed by atoms with Crippen LogP contribution in [0.15, 0.2) is 36.4 Å². The molecule has 0 aromatic heterocycles. The van der Waals surface area contributed by atoms with Gasteiger partial charge in [-0.05, 0) is 48.8 Å². The summed E-state index contributed by atoms with van der Waals surface area (Å²) in [6, 6.07) is 12.5. The lowest BCUT2D eigenvalue weighted by molar-refractivity contribution is 0.217. The number of methoxy groups -OCH3 is 2. The Balaban J connectivity index is 1.90. The highest BCUT2D eigenvalue weighted by molar-refractivity contribution is 5.53. The quantitative estimate of drug-likeness (QED) is 0.715. The minimum atomic E-state index is 0.0796. The summed E-state index contributed by atoms with van der Waals surface area (Å²) in [4.78, 5) is 2.35. The number of fused-ring (bicyclic) bond motifs is 1. The zero-order chi connectivity index (χ0) is 19.9. The normalized spacial score (nSPS) is 16.0. The van der Waals surface area contributed by atoms with Gasteiger partial charge in [0, 0.05) is 18.7 Å². The Bertz CT molecular complexity index is 774. The zero-order valence-corrected chi connectivity index (χ0v) is 17.5. The number of para-hydroxylation sites is 1. The van der Waals surface area contributed by atoms with Gasteiger partial charge in [-0.2, -0.15) is 0 Å². The summed E-state index contributed by atoms with van der Waals surface area (Å²) in [7, 11) is 3.43. The molecule has 152 valence electrons. The van der Waals surface area contributed by atoms with Gasteiger partial charge in [-0.15, -0.1) is 0 Å². The number of ether oxygens (including phenoxy) is 3. The Labute approximate surface area is 168 Å². The summed E-state index contributed by atoms with van der Waals surface area (Å²) in [5, 5.41) is 3.64. The van der Waals surface area contributed by atoms with Crippen molar-refractivity contribution < 1.29 is 14.2 Å². The van der Waals surface area contributed by atoms with Gasteiger partial charge >= 0.3 is 0 Å². The molecule has 1 atom stereocenters. The molecule has 2 aromatic rings. The first-order chi connectivity index (χ1) is 13.7. The fourth-order valence-corrected chi connectivity index (χ4v) is 3.84. The Morgan fingerprint density at radius 1 is 0.964 bits per heavy atom. The van der Waals surface area contributed by atoms with Gasteiger partial charge < -0.3 is 24.4 Å². The van der Waals surface area contributed by atoms with Crippen molar-refractivity contribution in [2.75, 3.05) is 47.0 Å².